The van der Waals surface area contributed by atoms with Crippen molar-refractivity contribution < 1.29 is 4.79 Å². The van der Waals surface area contributed by atoms with Crippen molar-refractivity contribution in [3.8, 4) is 0 Å². The second-order valence-electron chi connectivity index (χ2n) is 5.36. The molecular weight excluding hydrogens is 272 g/mol. The number of carbonyl (C=O) groups excluding carboxylic acids is 1. The van der Waals surface area contributed by atoms with Gasteiger partial charge in [0.2, 0.25) is 5.91 Å². The summed E-state index contributed by atoms with van der Waals surface area (Å²) < 4.78 is 0. The lowest BCUT2D eigenvalue weighted by molar-refractivity contribution is -0.130. The van der Waals surface area contributed by atoms with E-state index in [1.165, 1.54) is 5.56 Å². The average Bonchev–Trinajstić information content (AvgIpc) is 2.40. The van der Waals surface area contributed by atoms with E-state index in [0.29, 0.717) is 18.5 Å². The zero-order valence-corrected chi connectivity index (χ0v) is 13.0. The van der Waals surface area contributed by atoms with Crippen molar-refractivity contribution in [3.63, 3.8) is 0 Å². The molecule has 0 spiro atoms. The molecule has 0 aromatic heterocycles. The lowest BCUT2D eigenvalue weighted by atomic mass is 9.76. The van der Waals surface area contributed by atoms with Crippen LogP contribution < -0.4 is 5.32 Å². The summed E-state index contributed by atoms with van der Waals surface area (Å²) in [7, 11) is 0. The second-order valence-corrected chi connectivity index (χ2v) is 5.80. The molecule has 0 saturated heterocycles. The minimum Gasteiger partial charge on any atom is -0.342 e. The van der Waals surface area contributed by atoms with Crippen molar-refractivity contribution in [1.29, 1.82) is 0 Å². The molecule has 110 valence electrons. The number of likely N-dealkylation sites (N-methyl/N-ethyl adjacent to an activating group) is 1. The maximum Gasteiger partial charge on any atom is 0.236 e. The third-order valence-electron chi connectivity index (χ3n) is 4.14. The Morgan fingerprint density at radius 3 is 2.40 bits per heavy atom. The summed E-state index contributed by atoms with van der Waals surface area (Å²) in [5, 5.41) is 4.15. The van der Waals surface area contributed by atoms with Gasteiger partial charge in [0.25, 0.3) is 0 Å². The maximum absolute atomic E-state index is 11.9. The molecule has 0 atom stereocenters. The number of hydrogen-bond acceptors (Lipinski definition) is 2. The Hall–Kier alpha value is -1.06. The first kappa shape index (κ1) is 15.3. The number of nitrogens with one attached hydrogen (secondary N) is 1. The van der Waals surface area contributed by atoms with Crippen molar-refractivity contribution in [2.45, 2.75) is 38.6 Å². The Morgan fingerprint density at radius 1 is 1.25 bits per heavy atom. The Labute approximate surface area is 126 Å². The number of amides is 1. The van der Waals surface area contributed by atoms with Gasteiger partial charge in [-0.05, 0) is 50.3 Å². The van der Waals surface area contributed by atoms with Gasteiger partial charge in [-0.3, -0.25) is 4.79 Å². The maximum atomic E-state index is 11.9. The first-order chi connectivity index (χ1) is 9.63. The highest BCUT2D eigenvalue weighted by molar-refractivity contribution is 6.30. The predicted octanol–water partition coefficient (Wildman–Crippen LogP) is 3.04. The lowest BCUT2D eigenvalue weighted by Crippen LogP contribution is -2.46. The fraction of sp³-hybridized carbons (Fsp3) is 0.562. The third kappa shape index (κ3) is 3.74. The Bertz CT molecular complexity index is 436. The van der Waals surface area contributed by atoms with Crippen LogP contribution in [0.1, 0.15) is 38.2 Å². The standard InChI is InChI=1S/C16H23ClN2O/c1-3-19(4-2)16(20)11-18-15-9-13(10-15)12-5-7-14(17)8-6-12/h5-8,13,15,18H,3-4,9-11H2,1-2H3. The van der Waals surface area contributed by atoms with E-state index in [4.69, 9.17) is 11.6 Å². The van der Waals surface area contributed by atoms with E-state index >= 15 is 0 Å². The molecule has 1 aliphatic carbocycles. The van der Waals surface area contributed by atoms with Crippen LogP contribution in [0.5, 0.6) is 0 Å². The summed E-state index contributed by atoms with van der Waals surface area (Å²) in [5.74, 6) is 0.804. The van der Waals surface area contributed by atoms with Crippen molar-refractivity contribution in [2.24, 2.45) is 0 Å². The second kappa shape index (κ2) is 7.09. The van der Waals surface area contributed by atoms with E-state index in [1.807, 2.05) is 30.9 Å². The van der Waals surface area contributed by atoms with Crippen LogP contribution in [0.25, 0.3) is 0 Å². The van der Waals surface area contributed by atoms with Crippen molar-refractivity contribution in [3.05, 3.63) is 34.9 Å². The number of nitrogens with zero attached hydrogens (tertiary/aromatic N) is 1. The van der Waals surface area contributed by atoms with Gasteiger partial charge >= 0.3 is 0 Å². The van der Waals surface area contributed by atoms with Crippen molar-refractivity contribution in [2.75, 3.05) is 19.6 Å². The quantitative estimate of drug-likeness (QED) is 0.874. The molecule has 1 amide bonds. The van der Waals surface area contributed by atoms with Gasteiger partial charge in [0.15, 0.2) is 0 Å². The van der Waals surface area contributed by atoms with E-state index in [9.17, 15) is 4.79 Å². The van der Waals surface area contributed by atoms with Crippen molar-refractivity contribution >= 4 is 17.5 Å². The molecule has 20 heavy (non-hydrogen) atoms. The highest BCUT2D eigenvalue weighted by Gasteiger charge is 2.30. The summed E-state index contributed by atoms with van der Waals surface area (Å²) in [6, 6.07) is 8.56. The van der Waals surface area contributed by atoms with Gasteiger partial charge in [-0.25, -0.2) is 0 Å². The molecule has 0 heterocycles. The van der Waals surface area contributed by atoms with Crippen LogP contribution in [-0.4, -0.2) is 36.5 Å². The lowest BCUT2D eigenvalue weighted by Gasteiger charge is -2.36. The molecule has 0 radical (unpaired) electrons. The molecule has 1 saturated carbocycles. The summed E-state index contributed by atoms with van der Waals surface area (Å²) in [4.78, 5) is 13.8. The van der Waals surface area contributed by atoms with Gasteiger partial charge in [-0.1, -0.05) is 23.7 Å². The summed E-state index contributed by atoms with van der Waals surface area (Å²) in [6.07, 6.45) is 2.21. The highest BCUT2D eigenvalue weighted by atomic mass is 35.5. The van der Waals surface area contributed by atoms with Crippen LogP contribution >= 0.6 is 11.6 Å². The monoisotopic (exact) mass is 294 g/mol. The molecule has 2 rings (SSSR count). The minimum atomic E-state index is 0.199. The topological polar surface area (TPSA) is 32.3 Å². The van der Waals surface area contributed by atoms with Crippen molar-refractivity contribution in [1.82, 2.24) is 10.2 Å². The fourth-order valence-electron chi connectivity index (χ4n) is 2.71. The largest absolute Gasteiger partial charge is 0.342 e. The van der Waals surface area contributed by atoms with Crippen LogP contribution in [0.4, 0.5) is 0 Å². The van der Waals surface area contributed by atoms with E-state index in [1.54, 1.807) is 0 Å². The van der Waals surface area contributed by atoms with Crippen LogP contribution in [0.15, 0.2) is 24.3 Å². The van der Waals surface area contributed by atoms with Crippen LogP contribution in [0, 0.1) is 0 Å². The summed E-state index contributed by atoms with van der Waals surface area (Å²) in [6.45, 7) is 6.06. The van der Waals surface area contributed by atoms with Gasteiger partial charge in [0, 0.05) is 24.2 Å². The third-order valence-corrected chi connectivity index (χ3v) is 4.39. The minimum absolute atomic E-state index is 0.199. The van der Waals surface area contributed by atoms with E-state index in [0.717, 1.165) is 31.0 Å². The van der Waals surface area contributed by atoms with Gasteiger partial charge in [-0.2, -0.15) is 0 Å². The van der Waals surface area contributed by atoms with Crippen LogP contribution in [0.2, 0.25) is 5.02 Å². The zero-order chi connectivity index (χ0) is 14.5. The molecule has 1 aromatic rings. The van der Waals surface area contributed by atoms with E-state index in [-0.39, 0.29) is 5.91 Å². The molecular formula is C16H23ClN2O. The summed E-state index contributed by atoms with van der Waals surface area (Å²) in [5.41, 5.74) is 1.35. The van der Waals surface area contributed by atoms with E-state index < -0.39 is 0 Å². The van der Waals surface area contributed by atoms with E-state index in [2.05, 4.69) is 17.4 Å². The molecule has 3 nitrogen and oxygen atoms in total. The molecule has 0 bridgehead atoms. The number of carbonyl (C=O) groups is 1. The molecule has 0 aliphatic heterocycles. The Balaban J connectivity index is 1.72. The Kier molecular flexibility index (Phi) is 5.44. The molecule has 1 N–H and O–H groups in total. The number of halogens is 1. The predicted molar refractivity (Wildman–Crippen MR) is 83.1 cm³/mol. The first-order valence-corrected chi connectivity index (χ1v) is 7.78. The molecule has 1 aliphatic rings. The molecule has 1 fully saturated rings. The fourth-order valence-corrected chi connectivity index (χ4v) is 2.84. The SMILES string of the molecule is CCN(CC)C(=O)CNC1CC(c2ccc(Cl)cc2)C1. The number of hydrogen-bond donors (Lipinski definition) is 1. The molecule has 0 unspecified atom stereocenters. The first-order valence-electron chi connectivity index (χ1n) is 7.40. The van der Waals surface area contributed by atoms with Gasteiger partial charge in [0.05, 0.1) is 6.54 Å². The number of rotatable bonds is 6. The Morgan fingerprint density at radius 2 is 1.85 bits per heavy atom. The van der Waals surface area contributed by atoms with Crippen LogP contribution in [-0.2, 0) is 4.79 Å². The normalized spacial score (nSPS) is 21.4. The number of benzene rings is 1. The smallest absolute Gasteiger partial charge is 0.236 e. The average molecular weight is 295 g/mol. The summed E-state index contributed by atoms with van der Waals surface area (Å²) >= 11 is 5.89. The van der Waals surface area contributed by atoms with Gasteiger partial charge in [0.1, 0.15) is 0 Å². The van der Waals surface area contributed by atoms with Gasteiger partial charge < -0.3 is 10.2 Å². The zero-order valence-electron chi connectivity index (χ0n) is 12.2. The molecule has 1 aromatic carbocycles. The van der Waals surface area contributed by atoms with Crippen LogP contribution in [0.3, 0.4) is 0 Å². The molecule has 4 heteroatoms. The highest BCUT2D eigenvalue weighted by Crippen LogP contribution is 2.37. The van der Waals surface area contributed by atoms with Gasteiger partial charge in [-0.15, -0.1) is 0 Å².